The van der Waals surface area contributed by atoms with E-state index in [-0.39, 0.29) is 24.3 Å². The first-order valence-electron chi connectivity index (χ1n) is 5.67. The van der Waals surface area contributed by atoms with E-state index < -0.39 is 0 Å². The lowest BCUT2D eigenvalue weighted by atomic mass is 10.2. The highest BCUT2D eigenvalue weighted by atomic mass is 16.4. The van der Waals surface area contributed by atoms with Gasteiger partial charge in [0.15, 0.2) is 5.84 Å². The predicted octanol–water partition coefficient (Wildman–Crippen LogP) is -0.277. The SMILES string of the molecule is CCC(NCC(=O)N1CCCC1)C(N)=NO. The van der Waals surface area contributed by atoms with Crippen molar-refractivity contribution in [2.75, 3.05) is 19.6 Å². The van der Waals surface area contributed by atoms with E-state index in [2.05, 4.69) is 10.5 Å². The molecule has 1 heterocycles. The lowest BCUT2D eigenvalue weighted by Crippen LogP contribution is -2.46. The summed E-state index contributed by atoms with van der Waals surface area (Å²) in [4.78, 5) is 13.5. The van der Waals surface area contributed by atoms with Gasteiger partial charge >= 0.3 is 0 Å². The number of amidine groups is 1. The van der Waals surface area contributed by atoms with Gasteiger partial charge < -0.3 is 15.8 Å². The first kappa shape index (κ1) is 12.8. The third-order valence-corrected chi connectivity index (χ3v) is 2.84. The molecule has 0 aliphatic carbocycles. The van der Waals surface area contributed by atoms with E-state index >= 15 is 0 Å². The molecule has 1 saturated heterocycles. The van der Waals surface area contributed by atoms with Crippen molar-refractivity contribution < 1.29 is 10.0 Å². The van der Waals surface area contributed by atoms with Gasteiger partial charge in [0.05, 0.1) is 12.6 Å². The molecule has 4 N–H and O–H groups in total. The fraction of sp³-hybridized carbons (Fsp3) is 0.800. The minimum absolute atomic E-state index is 0.0849. The van der Waals surface area contributed by atoms with Crippen LogP contribution in [0.4, 0.5) is 0 Å². The van der Waals surface area contributed by atoms with Gasteiger partial charge in [0.25, 0.3) is 0 Å². The molecule has 0 radical (unpaired) electrons. The fourth-order valence-electron chi connectivity index (χ4n) is 1.82. The zero-order valence-electron chi connectivity index (χ0n) is 9.65. The molecule has 92 valence electrons. The molecule has 0 spiro atoms. The molecule has 0 aromatic rings. The highest BCUT2D eigenvalue weighted by Gasteiger charge is 2.19. The predicted molar refractivity (Wildman–Crippen MR) is 61.3 cm³/mol. The number of hydrogen-bond acceptors (Lipinski definition) is 4. The van der Waals surface area contributed by atoms with E-state index in [9.17, 15) is 4.79 Å². The normalized spacial score (nSPS) is 18.8. The van der Waals surface area contributed by atoms with E-state index in [0.29, 0.717) is 6.42 Å². The van der Waals surface area contributed by atoms with Gasteiger partial charge in [0, 0.05) is 13.1 Å². The molecule has 16 heavy (non-hydrogen) atoms. The number of amides is 1. The van der Waals surface area contributed by atoms with Gasteiger partial charge in [-0.05, 0) is 19.3 Å². The zero-order valence-corrected chi connectivity index (χ0v) is 9.65. The van der Waals surface area contributed by atoms with E-state index in [1.54, 1.807) is 0 Å². The van der Waals surface area contributed by atoms with Crippen molar-refractivity contribution in [3.8, 4) is 0 Å². The standard InChI is InChI=1S/C10H20N4O2/c1-2-8(10(11)13-16)12-7-9(15)14-5-3-4-6-14/h8,12,16H,2-7H2,1H3,(H2,11,13). The summed E-state index contributed by atoms with van der Waals surface area (Å²) in [6.45, 7) is 3.85. The van der Waals surface area contributed by atoms with Crippen LogP contribution in [0.2, 0.25) is 0 Å². The second-order valence-electron chi connectivity index (χ2n) is 3.95. The third-order valence-electron chi connectivity index (χ3n) is 2.84. The highest BCUT2D eigenvalue weighted by molar-refractivity contribution is 5.86. The molecule has 1 atom stereocenters. The average molecular weight is 228 g/mol. The van der Waals surface area contributed by atoms with Crippen molar-refractivity contribution in [2.45, 2.75) is 32.2 Å². The van der Waals surface area contributed by atoms with Gasteiger partial charge in [-0.15, -0.1) is 0 Å². The number of hydrogen-bond donors (Lipinski definition) is 3. The molecule has 1 unspecified atom stereocenters. The van der Waals surface area contributed by atoms with Crippen LogP contribution in [-0.4, -0.2) is 47.5 Å². The van der Waals surface area contributed by atoms with Crippen molar-refractivity contribution in [1.29, 1.82) is 0 Å². The summed E-state index contributed by atoms with van der Waals surface area (Å²) in [5.41, 5.74) is 5.48. The van der Waals surface area contributed by atoms with Crippen molar-refractivity contribution in [3.63, 3.8) is 0 Å². The topological polar surface area (TPSA) is 91.0 Å². The Bertz CT molecular complexity index is 262. The number of nitrogens with two attached hydrogens (primary N) is 1. The summed E-state index contributed by atoms with van der Waals surface area (Å²) in [6.07, 6.45) is 2.86. The average Bonchev–Trinajstić information content (AvgIpc) is 2.82. The van der Waals surface area contributed by atoms with E-state index in [1.165, 1.54) is 0 Å². The van der Waals surface area contributed by atoms with Gasteiger partial charge in [-0.25, -0.2) is 0 Å². The quantitative estimate of drug-likeness (QED) is 0.261. The van der Waals surface area contributed by atoms with Gasteiger partial charge in [0.2, 0.25) is 5.91 Å². The molecule has 0 bridgehead atoms. The van der Waals surface area contributed by atoms with Crippen LogP contribution >= 0.6 is 0 Å². The Balaban J connectivity index is 2.34. The number of oxime groups is 1. The lowest BCUT2D eigenvalue weighted by molar-refractivity contribution is -0.129. The maximum absolute atomic E-state index is 11.7. The van der Waals surface area contributed by atoms with Crippen LogP contribution in [0.1, 0.15) is 26.2 Å². The Morgan fingerprint density at radius 3 is 2.69 bits per heavy atom. The summed E-state index contributed by atoms with van der Waals surface area (Å²) >= 11 is 0. The maximum Gasteiger partial charge on any atom is 0.236 e. The summed E-state index contributed by atoms with van der Waals surface area (Å²) in [5.74, 6) is 0.207. The molecule has 0 aromatic heterocycles. The third kappa shape index (κ3) is 3.37. The van der Waals surface area contributed by atoms with Gasteiger partial charge in [0.1, 0.15) is 0 Å². The second kappa shape index (κ2) is 6.32. The van der Waals surface area contributed by atoms with Crippen LogP contribution in [-0.2, 0) is 4.79 Å². The molecule has 6 heteroatoms. The van der Waals surface area contributed by atoms with Crippen LogP contribution in [0.5, 0.6) is 0 Å². The number of carbonyl (C=O) groups is 1. The number of carbonyl (C=O) groups excluding carboxylic acids is 1. The van der Waals surface area contributed by atoms with E-state index in [1.807, 2.05) is 11.8 Å². The molecule has 1 fully saturated rings. The molecule has 6 nitrogen and oxygen atoms in total. The van der Waals surface area contributed by atoms with Gasteiger partial charge in [-0.2, -0.15) is 0 Å². The molecular weight excluding hydrogens is 208 g/mol. The molecule has 0 saturated carbocycles. The zero-order chi connectivity index (χ0) is 12.0. The van der Waals surface area contributed by atoms with Gasteiger partial charge in [-0.1, -0.05) is 12.1 Å². The van der Waals surface area contributed by atoms with Crippen molar-refractivity contribution >= 4 is 11.7 Å². The van der Waals surface area contributed by atoms with Crippen LogP contribution < -0.4 is 11.1 Å². The fourth-order valence-corrected chi connectivity index (χ4v) is 1.82. The van der Waals surface area contributed by atoms with Crippen LogP contribution in [0.15, 0.2) is 5.16 Å². The Labute approximate surface area is 95.5 Å². The first-order valence-corrected chi connectivity index (χ1v) is 5.67. The molecule has 1 aliphatic rings. The smallest absolute Gasteiger partial charge is 0.236 e. The van der Waals surface area contributed by atoms with E-state index in [4.69, 9.17) is 10.9 Å². The van der Waals surface area contributed by atoms with Crippen LogP contribution in [0.3, 0.4) is 0 Å². The minimum Gasteiger partial charge on any atom is -0.409 e. The number of likely N-dealkylation sites (tertiary alicyclic amines) is 1. The summed E-state index contributed by atoms with van der Waals surface area (Å²) in [5, 5.41) is 14.5. The summed E-state index contributed by atoms with van der Waals surface area (Å²) in [7, 11) is 0. The highest BCUT2D eigenvalue weighted by Crippen LogP contribution is 2.06. The van der Waals surface area contributed by atoms with Crippen LogP contribution in [0.25, 0.3) is 0 Å². The Kier molecular flexibility index (Phi) is 5.04. The largest absolute Gasteiger partial charge is 0.409 e. The number of nitrogens with zero attached hydrogens (tertiary/aromatic N) is 2. The van der Waals surface area contributed by atoms with Crippen molar-refractivity contribution in [1.82, 2.24) is 10.2 Å². The van der Waals surface area contributed by atoms with Crippen molar-refractivity contribution in [3.05, 3.63) is 0 Å². The first-order chi connectivity index (χ1) is 7.69. The second-order valence-corrected chi connectivity index (χ2v) is 3.95. The minimum atomic E-state index is -0.239. The monoisotopic (exact) mass is 228 g/mol. The van der Waals surface area contributed by atoms with Crippen molar-refractivity contribution in [2.24, 2.45) is 10.9 Å². The summed E-state index contributed by atoms with van der Waals surface area (Å²) in [6, 6.07) is -0.239. The number of rotatable bonds is 5. The molecule has 1 amide bonds. The Hall–Kier alpha value is -1.30. The molecule has 1 aliphatic heterocycles. The van der Waals surface area contributed by atoms with E-state index in [0.717, 1.165) is 25.9 Å². The Morgan fingerprint density at radius 2 is 2.19 bits per heavy atom. The maximum atomic E-state index is 11.7. The number of nitrogens with one attached hydrogen (secondary N) is 1. The molecule has 0 aromatic carbocycles. The molecular formula is C10H20N4O2. The van der Waals surface area contributed by atoms with Gasteiger partial charge in [-0.3, -0.25) is 10.1 Å². The summed E-state index contributed by atoms with van der Waals surface area (Å²) < 4.78 is 0. The lowest BCUT2D eigenvalue weighted by Gasteiger charge is -2.19. The molecule has 1 rings (SSSR count). The Morgan fingerprint density at radius 1 is 1.56 bits per heavy atom. The van der Waals surface area contributed by atoms with Crippen LogP contribution in [0, 0.1) is 0 Å².